The lowest BCUT2D eigenvalue weighted by molar-refractivity contribution is 0.246. The molecule has 9 heteroatoms. The van der Waals surface area contributed by atoms with Gasteiger partial charge in [0.05, 0.1) is 5.56 Å². The monoisotopic (exact) mass is 396 g/mol. The highest BCUT2D eigenvalue weighted by atomic mass is 19.1. The highest BCUT2D eigenvalue weighted by Gasteiger charge is 2.21. The number of piperazine rings is 1. The molecule has 7 nitrogen and oxygen atoms in total. The van der Waals surface area contributed by atoms with Crippen molar-refractivity contribution in [3.63, 3.8) is 0 Å². The van der Waals surface area contributed by atoms with Gasteiger partial charge in [-0.1, -0.05) is 0 Å². The van der Waals surface area contributed by atoms with Gasteiger partial charge in [0, 0.05) is 44.5 Å². The molecule has 1 aromatic carbocycles. The maximum atomic E-state index is 14.9. The van der Waals surface area contributed by atoms with Gasteiger partial charge in [-0.25, -0.2) is 18.7 Å². The van der Waals surface area contributed by atoms with E-state index in [1.54, 1.807) is 12.1 Å². The Kier molecular flexibility index (Phi) is 4.94. The maximum Gasteiger partial charge on any atom is 0.269 e. The molecule has 1 aliphatic rings. The van der Waals surface area contributed by atoms with Gasteiger partial charge in [0.2, 0.25) is 0 Å². The van der Waals surface area contributed by atoms with Crippen LogP contribution in [0.3, 0.4) is 0 Å². The van der Waals surface area contributed by atoms with Gasteiger partial charge in [-0.2, -0.15) is 5.26 Å². The van der Waals surface area contributed by atoms with Crippen molar-refractivity contribution in [2.45, 2.75) is 13.5 Å². The van der Waals surface area contributed by atoms with E-state index in [2.05, 4.69) is 19.9 Å². The van der Waals surface area contributed by atoms with Crippen LogP contribution < -0.4 is 10.5 Å². The van der Waals surface area contributed by atoms with Crippen LogP contribution in [0.5, 0.6) is 0 Å². The molecule has 0 unspecified atom stereocenters. The number of nitrogens with zero attached hydrogens (tertiary/aromatic N) is 5. The third-order valence-electron chi connectivity index (χ3n) is 5.08. The summed E-state index contributed by atoms with van der Waals surface area (Å²) in [6, 6.07) is 6.71. The van der Waals surface area contributed by atoms with E-state index in [-0.39, 0.29) is 28.8 Å². The van der Waals surface area contributed by atoms with Crippen molar-refractivity contribution in [3.05, 3.63) is 63.2 Å². The smallest absolute Gasteiger partial charge is 0.269 e. The molecule has 0 amide bonds. The second-order valence-corrected chi connectivity index (χ2v) is 6.99. The minimum Gasteiger partial charge on any atom is -0.354 e. The van der Waals surface area contributed by atoms with Crippen molar-refractivity contribution in [2.24, 2.45) is 0 Å². The zero-order valence-electron chi connectivity index (χ0n) is 15.7. The van der Waals surface area contributed by atoms with Gasteiger partial charge in [0.25, 0.3) is 5.56 Å². The Balaban J connectivity index is 1.50. The van der Waals surface area contributed by atoms with E-state index in [1.165, 1.54) is 13.1 Å². The standard InChI is InChI=1S/C20H18F2N6O/c1-12-20(29)26-19-17(22)14(8-15(21)18(19)25-12)11-27-4-6-28(7-5-27)16-3-2-13(9-23)10-24-16/h2-3,8,10H,4-7,11H2,1H3,(H,26,29). The van der Waals surface area contributed by atoms with Gasteiger partial charge < -0.3 is 9.88 Å². The lowest BCUT2D eigenvalue weighted by Crippen LogP contribution is -2.46. The summed E-state index contributed by atoms with van der Waals surface area (Å²) in [6.07, 6.45) is 1.53. The van der Waals surface area contributed by atoms with Crippen LogP contribution in [0.2, 0.25) is 0 Å². The Labute approximate surface area is 165 Å². The fourth-order valence-corrected chi connectivity index (χ4v) is 3.44. The number of aryl methyl sites for hydroxylation is 1. The van der Waals surface area contributed by atoms with E-state index in [1.807, 2.05) is 11.0 Å². The SMILES string of the molecule is Cc1nc2c(F)cc(CN3CCN(c4ccc(C#N)cn4)CC3)c(F)c2[nH]c1=O. The Morgan fingerprint density at radius 3 is 2.66 bits per heavy atom. The minimum absolute atomic E-state index is 0.0936. The summed E-state index contributed by atoms with van der Waals surface area (Å²) in [5.41, 5.74) is -0.117. The van der Waals surface area contributed by atoms with Crippen molar-refractivity contribution in [3.8, 4) is 6.07 Å². The van der Waals surface area contributed by atoms with Crippen molar-refractivity contribution in [1.29, 1.82) is 5.26 Å². The summed E-state index contributed by atoms with van der Waals surface area (Å²) in [4.78, 5) is 26.4. The number of halogens is 2. The first-order chi connectivity index (χ1) is 14.0. The number of benzene rings is 1. The molecule has 0 spiro atoms. The number of hydrogen-bond donors (Lipinski definition) is 1. The molecule has 4 rings (SSSR count). The molecule has 0 atom stereocenters. The van der Waals surface area contributed by atoms with Gasteiger partial charge in [0.15, 0.2) is 11.6 Å². The number of anilines is 1. The first-order valence-corrected chi connectivity index (χ1v) is 9.17. The number of pyridine rings is 1. The molecule has 3 heterocycles. The Morgan fingerprint density at radius 1 is 1.24 bits per heavy atom. The maximum absolute atomic E-state index is 14.9. The highest BCUT2D eigenvalue weighted by Crippen LogP contribution is 2.23. The molecule has 148 valence electrons. The van der Waals surface area contributed by atoms with Gasteiger partial charge in [-0.05, 0) is 25.1 Å². The van der Waals surface area contributed by atoms with E-state index in [0.29, 0.717) is 31.7 Å². The fourth-order valence-electron chi connectivity index (χ4n) is 3.44. The first-order valence-electron chi connectivity index (χ1n) is 9.17. The number of nitrogens with one attached hydrogen (secondary N) is 1. The number of aromatic amines is 1. The van der Waals surface area contributed by atoms with E-state index < -0.39 is 17.2 Å². The summed E-state index contributed by atoms with van der Waals surface area (Å²) >= 11 is 0. The molecular formula is C20H18F2N6O. The van der Waals surface area contributed by atoms with Gasteiger partial charge in [0.1, 0.15) is 28.6 Å². The number of nitriles is 1. The summed E-state index contributed by atoms with van der Waals surface area (Å²) in [5, 5.41) is 8.86. The summed E-state index contributed by atoms with van der Waals surface area (Å²) in [7, 11) is 0. The topological polar surface area (TPSA) is 88.9 Å². The normalized spacial score (nSPS) is 14.9. The molecule has 0 radical (unpaired) electrons. The average Bonchev–Trinajstić information content (AvgIpc) is 2.74. The fraction of sp³-hybridized carbons (Fsp3) is 0.300. The van der Waals surface area contributed by atoms with E-state index in [9.17, 15) is 13.6 Å². The van der Waals surface area contributed by atoms with Crippen molar-refractivity contribution >= 4 is 16.9 Å². The lowest BCUT2D eigenvalue weighted by atomic mass is 10.1. The lowest BCUT2D eigenvalue weighted by Gasteiger charge is -2.35. The summed E-state index contributed by atoms with van der Waals surface area (Å²) in [5.74, 6) is -0.524. The number of rotatable bonds is 3. The first kappa shape index (κ1) is 19.0. The quantitative estimate of drug-likeness (QED) is 0.729. The number of aromatic nitrogens is 3. The molecule has 0 saturated carbocycles. The molecule has 29 heavy (non-hydrogen) atoms. The molecule has 1 N–H and O–H groups in total. The molecule has 2 aromatic heterocycles. The predicted octanol–water partition coefficient (Wildman–Crippen LogP) is 2.10. The van der Waals surface area contributed by atoms with Crippen LogP contribution in [0.15, 0.2) is 29.2 Å². The van der Waals surface area contributed by atoms with Crippen LogP contribution in [-0.4, -0.2) is 46.0 Å². The second-order valence-electron chi connectivity index (χ2n) is 6.99. The number of H-pyrrole nitrogens is 1. The zero-order chi connectivity index (χ0) is 20.5. The van der Waals surface area contributed by atoms with Gasteiger partial charge >= 0.3 is 0 Å². The van der Waals surface area contributed by atoms with Crippen LogP contribution in [0.4, 0.5) is 14.6 Å². The van der Waals surface area contributed by atoms with Crippen LogP contribution in [-0.2, 0) is 6.54 Å². The molecular weight excluding hydrogens is 378 g/mol. The molecule has 3 aromatic rings. The Hall–Kier alpha value is -3.38. The van der Waals surface area contributed by atoms with Crippen molar-refractivity contribution in [2.75, 3.05) is 31.1 Å². The average molecular weight is 396 g/mol. The zero-order valence-corrected chi connectivity index (χ0v) is 15.7. The largest absolute Gasteiger partial charge is 0.354 e. The number of fused-ring (bicyclic) bond motifs is 1. The van der Waals surface area contributed by atoms with Crippen LogP contribution in [0.1, 0.15) is 16.8 Å². The molecule has 0 aliphatic carbocycles. The van der Waals surface area contributed by atoms with Gasteiger partial charge in [-0.15, -0.1) is 0 Å². The summed E-state index contributed by atoms with van der Waals surface area (Å²) in [6.45, 7) is 4.31. The van der Waals surface area contributed by atoms with E-state index in [0.717, 1.165) is 11.9 Å². The number of hydrogen-bond acceptors (Lipinski definition) is 6. The van der Waals surface area contributed by atoms with E-state index >= 15 is 0 Å². The third-order valence-corrected chi connectivity index (χ3v) is 5.08. The van der Waals surface area contributed by atoms with Crippen LogP contribution in [0.25, 0.3) is 11.0 Å². The van der Waals surface area contributed by atoms with Crippen molar-refractivity contribution < 1.29 is 8.78 Å². The minimum atomic E-state index is -0.656. The Morgan fingerprint density at radius 2 is 2.00 bits per heavy atom. The van der Waals surface area contributed by atoms with Gasteiger partial charge in [-0.3, -0.25) is 9.69 Å². The van der Waals surface area contributed by atoms with E-state index in [4.69, 9.17) is 5.26 Å². The van der Waals surface area contributed by atoms with Crippen molar-refractivity contribution in [1.82, 2.24) is 19.9 Å². The third kappa shape index (κ3) is 3.67. The molecule has 1 aliphatic heterocycles. The van der Waals surface area contributed by atoms with Crippen LogP contribution >= 0.6 is 0 Å². The van der Waals surface area contributed by atoms with Crippen LogP contribution in [0, 0.1) is 29.9 Å². The predicted molar refractivity (Wildman–Crippen MR) is 103 cm³/mol. The summed E-state index contributed by atoms with van der Waals surface area (Å²) < 4.78 is 29.3. The highest BCUT2D eigenvalue weighted by molar-refractivity contribution is 5.76. The molecule has 1 saturated heterocycles. The molecule has 0 bridgehead atoms. The second kappa shape index (κ2) is 7.56. The molecule has 1 fully saturated rings. The Bertz CT molecular complexity index is 1160.